The Morgan fingerprint density at radius 1 is 1.11 bits per heavy atom. The largest absolute Gasteiger partial charge is 0.495 e. The number of hydrogen-bond donors (Lipinski definition) is 1. The van der Waals surface area contributed by atoms with Crippen molar-refractivity contribution in [3.63, 3.8) is 0 Å². The number of fused-ring (bicyclic) bond motifs is 1. The van der Waals surface area contributed by atoms with Crippen LogP contribution in [0.5, 0.6) is 17.2 Å². The number of ether oxygens (including phenoxy) is 4. The van der Waals surface area contributed by atoms with E-state index in [1.165, 1.54) is 20.1 Å². The maximum Gasteiger partial charge on any atom is 0.331 e. The average Bonchev–Trinajstić information content (AvgIpc) is 2.72. The lowest BCUT2D eigenvalue weighted by Crippen LogP contribution is -2.29. The van der Waals surface area contributed by atoms with Gasteiger partial charge in [-0.1, -0.05) is 18.2 Å². The van der Waals surface area contributed by atoms with Gasteiger partial charge in [-0.2, -0.15) is 0 Å². The summed E-state index contributed by atoms with van der Waals surface area (Å²) in [6.07, 6.45) is 1.88. The van der Waals surface area contributed by atoms with Crippen LogP contribution in [0.4, 0.5) is 5.69 Å². The van der Waals surface area contributed by atoms with Gasteiger partial charge in [-0.25, -0.2) is 4.79 Å². The van der Waals surface area contributed by atoms with Gasteiger partial charge in [0.05, 0.1) is 12.8 Å². The number of anilines is 1. The van der Waals surface area contributed by atoms with Gasteiger partial charge in [-0.15, -0.1) is 0 Å². The predicted octanol–water partition coefficient (Wildman–Crippen LogP) is 3.05. The highest BCUT2D eigenvalue weighted by Gasteiger charge is 2.18. The van der Waals surface area contributed by atoms with Crippen LogP contribution in [0, 0.1) is 0 Å². The molecule has 0 saturated carbocycles. The van der Waals surface area contributed by atoms with Gasteiger partial charge < -0.3 is 24.3 Å². The van der Waals surface area contributed by atoms with E-state index >= 15 is 0 Å². The van der Waals surface area contributed by atoms with Crippen LogP contribution in [0.25, 0.3) is 6.08 Å². The van der Waals surface area contributed by atoms with Crippen LogP contribution < -0.4 is 19.5 Å². The quantitative estimate of drug-likeness (QED) is 0.610. The molecule has 0 saturated heterocycles. The molecular weight excluding hydrogens is 362 g/mol. The normalized spacial score (nSPS) is 13.6. The first-order chi connectivity index (χ1) is 13.6. The highest BCUT2D eigenvalue weighted by atomic mass is 16.6. The number of benzene rings is 2. The summed E-state index contributed by atoms with van der Waals surface area (Å²) < 4.78 is 21.3. The zero-order chi connectivity index (χ0) is 19.9. The van der Waals surface area contributed by atoms with Crippen molar-refractivity contribution in [2.45, 2.75) is 13.0 Å². The number of carbonyl (C=O) groups is 2. The molecule has 1 unspecified atom stereocenters. The number of methoxy groups -OCH3 is 1. The fourth-order valence-corrected chi connectivity index (χ4v) is 2.58. The predicted molar refractivity (Wildman–Crippen MR) is 104 cm³/mol. The van der Waals surface area contributed by atoms with Crippen LogP contribution in [0.1, 0.15) is 12.5 Å². The van der Waals surface area contributed by atoms with Crippen LogP contribution in [0.2, 0.25) is 0 Å². The first-order valence-corrected chi connectivity index (χ1v) is 8.79. The lowest BCUT2D eigenvalue weighted by Gasteiger charge is -2.18. The minimum absolute atomic E-state index is 0.453. The summed E-state index contributed by atoms with van der Waals surface area (Å²) in [5.41, 5.74) is 1.26. The number of hydrogen-bond acceptors (Lipinski definition) is 6. The molecule has 146 valence electrons. The Bertz CT molecular complexity index is 892. The van der Waals surface area contributed by atoms with E-state index in [4.69, 9.17) is 18.9 Å². The Labute approximate surface area is 162 Å². The summed E-state index contributed by atoms with van der Waals surface area (Å²) in [7, 11) is 1.51. The Morgan fingerprint density at radius 2 is 1.86 bits per heavy atom. The standard InChI is InChI=1S/C21H21NO6/c1-14(21(24)22-16-5-3-4-6-17(16)25-2)28-20(23)10-8-15-7-9-18-19(13-15)27-12-11-26-18/h3-10,13-14H,11-12H2,1-2H3,(H,22,24). The molecule has 1 aliphatic rings. The van der Waals surface area contributed by atoms with E-state index < -0.39 is 18.0 Å². The Balaban J connectivity index is 1.56. The summed E-state index contributed by atoms with van der Waals surface area (Å²) in [4.78, 5) is 24.3. The number of nitrogens with one attached hydrogen (secondary N) is 1. The maximum atomic E-state index is 12.3. The maximum absolute atomic E-state index is 12.3. The first-order valence-electron chi connectivity index (χ1n) is 8.79. The van der Waals surface area contributed by atoms with Crippen molar-refractivity contribution in [3.8, 4) is 17.2 Å². The third-order valence-corrected chi connectivity index (χ3v) is 4.01. The van der Waals surface area contributed by atoms with E-state index in [1.54, 1.807) is 48.5 Å². The van der Waals surface area contributed by atoms with Crippen LogP contribution in [-0.2, 0) is 14.3 Å². The minimum atomic E-state index is -0.970. The van der Waals surface area contributed by atoms with Gasteiger partial charge >= 0.3 is 5.97 Å². The lowest BCUT2D eigenvalue weighted by atomic mass is 10.2. The fraction of sp³-hybridized carbons (Fsp3) is 0.238. The smallest absolute Gasteiger partial charge is 0.331 e. The second-order valence-electron chi connectivity index (χ2n) is 6.01. The summed E-state index contributed by atoms with van der Waals surface area (Å²) in [5, 5.41) is 2.68. The highest BCUT2D eigenvalue weighted by Crippen LogP contribution is 2.31. The molecule has 1 heterocycles. The third-order valence-electron chi connectivity index (χ3n) is 4.01. The fourth-order valence-electron chi connectivity index (χ4n) is 2.58. The lowest BCUT2D eigenvalue weighted by molar-refractivity contribution is -0.148. The summed E-state index contributed by atoms with van der Waals surface area (Å²) in [6.45, 7) is 2.50. The monoisotopic (exact) mass is 383 g/mol. The number of para-hydroxylation sites is 2. The Morgan fingerprint density at radius 3 is 2.64 bits per heavy atom. The van der Waals surface area contributed by atoms with Gasteiger partial charge in [0, 0.05) is 6.08 Å². The molecule has 0 fully saturated rings. The molecule has 7 nitrogen and oxygen atoms in total. The molecular formula is C21H21NO6. The van der Waals surface area contributed by atoms with Gasteiger partial charge in [-0.3, -0.25) is 4.79 Å². The van der Waals surface area contributed by atoms with Gasteiger partial charge in [0.2, 0.25) is 0 Å². The number of esters is 1. The van der Waals surface area contributed by atoms with E-state index in [-0.39, 0.29) is 0 Å². The minimum Gasteiger partial charge on any atom is -0.495 e. The second-order valence-corrected chi connectivity index (χ2v) is 6.01. The van der Waals surface area contributed by atoms with Crippen LogP contribution in [0.3, 0.4) is 0 Å². The molecule has 0 radical (unpaired) electrons. The molecule has 28 heavy (non-hydrogen) atoms. The van der Waals surface area contributed by atoms with E-state index in [2.05, 4.69) is 5.32 Å². The van der Waals surface area contributed by atoms with E-state index in [9.17, 15) is 9.59 Å². The molecule has 1 amide bonds. The first kappa shape index (κ1) is 19.3. The summed E-state index contributed by atoms with van der Waals surface area (Å²) in [5.74, 6) is 0.745. The zero-order valence-electron chi connectivity index (χ0n) is 15.6. The van der Waals surface area contributed by atoms with Gasteiger partial charge in [0.15, 0.2) is 17.6 Å². The van der Waals surface area contributed by atoms with Crippen LogP contribution >= 0.6 is 0 Å². The van der Waals surface area contributed by atoms with Crippen molar-refractivity contribution in [2.75, 3.05) is 25.6 Å². The van der Waals surface area contributed by atoms with Gasteiger partial charge in [0.25, 0.3) is 5.91 Å². The second kappa shape index (κ2) is 8.94. The highest BCUT2D eigenvalue weighted by molar-refractivity contribution is 5.97. The zero-order valence-corrected chi connectivity index (χ0v) is 15.6. The van der Waals surface area contributed by atoms with Crippen LogP contribution in [-0.4, -0.2) is 38.3 Å². The molecule has 0 bridgehead atoms. The number of amides is 1. The van der Waals surface area contributed by atoms with Crippen molar-refractivity contribution in [1.82, 2.24) is 0 Å². The van der Waals surface area contributed by atoms with Gasteiger partial charge in [0.1, 0.15) is 19.0 Å². The van der Waals surface area contributed by atoms with Crippen LogP contribution in [0.15, 0.2) is 48.5 Å². The van der Waals surface area contributed by atoms with Crippen molar-refractivity contribution in [3.05, 3.63) is 54.1 Å². The third kappa shape index (κ3) is 4.82. The SMILES string of the molecule is COc1ccccc1NC(=O)C(C)OC(=O)C=Cc1ccc2c(c1)OCCO2. The Hall–Kier alpha value is -3.48. The van der Waals surface area contributed by atoms with Crippen molar-refractivity contribution in [1.29, 1.82) is 0 Å². The molecule has 1 atom stereocenters. The molecule has 3 rings (SSSR count). The molecule has 0 aliphatic carbocycles. The molecule has 0 aromatic heterocycles. The number of rotatable bonds is 6. The molecule has 1 aliphatic heterocycles. The van der Waals surface area contributed by atoms with E-state index in [1.807, 2.05) is 0 Å². The molecule has 1 N–H and O–H groups in total. The average molecular weight is 383 g/mol. The summed E-state index contributed by atoms with van der Waals surface area (Å²) in [6, 6.07) is 12.3. The van der Waals surface area contributed by atoms with Crippen molar-refractivity contribution >= 4 is 23.6 Å². The Kier molecular flexibility index (Phi) is 6.16. The molecule has 2 aromatic carbocycles. The van der Waals surface area contributed by atoms with Crippen molar-refractivity contribution < 1.29 is 28.5 Å². The molecule has 7 heteroatoms. The van der Waals surface area contributed by atoms with Gasteiger partial charge in [-0.05, 0) is 42.8 Å². The van der Waals surface area contributed by atoms with E-state index in [0.717, 1.165) is 5.56 Å². The summed E-state index contributed by atoms with van der Waals surface area (Å²) >= 11 is 0. The van der Waals surface area contributed by atoms with E-state index in [0.29, 0.717) is 36.1 Å². The van der Waals surface area contributed by atoms with Crippen molar-refractivity contribution in [2.24, 2.45) is 0 Å². The number of carbonyl (C=O) groups excluding carboxylic acids is 2. The topological polar surface area (TPSA) is 83.1 Å². The molecule has 0 spiro atoms. The molecule has 2 aromatic rings.